The van der Waals surface area contributed by atoms with Crippen molar-refractivity contribution in [3.8, 4) is 0 Å². The molecule has 3 N–H and O–H groups in total. The van der Waals surface area contributed by atoms with Gasteiger partial charge >= 0.3 is 0 Å². The van der Waals surface area contributed by atoms with Gasteiger partial charge in [-0.1, -0.05) is 29.8 Å². The standard InChI is InChI=1S/C13H17N3O2/c1-9-3-2-4-10(5-9)7-16-8-11(6-12(16)17)13(18)15-14/h2-5,11H,6-8,14H2,1H3,(H,15,18). The zero-order valence-corrected chi connectivity index (χ0v) is 10.3. The van der Waals surface area contributed by atoms with Crippen LogP contribution in [0.5, 0.6) is 0 Å². The van der Waals surface area contributed by atoms with Crippen molar-refractivity contribution >= 4 is 11.8 Å². The average molecular weight is 247 g/mol. The molecule has 2 amide bonds. The van der Waals surface area contributed by atoms with Crippen molar-refractivity contribution in [2.75, 3.05) is 6.54 Å². The lowest BCUT2D eigenvalue weighted by Gasteiger charge is -2.16. The van der Waals surface area contributed by atoms with Crippen LogP contribution in [0.2, 0.25) is 0 Å². The first-order chi connectivity index (χ1) is 8.60. The molecular formula is C13H17N3O2. The average Bonchev–Trinajstić information content (AvgIpc) is 2.70. The minimum atomic E-state index is -0.327. The largest absolute Gasteiger partial charge is 0.338 e. The van der Waals surface area contributed by atoms with E-state index in [0.717, 1.165) is 11.1 Å². The Morgan fingerprint density at radius 3 is 3.00 bits per heavy atom. The van der Waals surface area contributed by atoms with Gasteiger partial charge in [0, 0.05) is 19.5 Å². The van der Waals surface area contributed by atoms with Gasteiger partial charge in [0.25, 0.3) is 0 Å². The summed E-state index contributed by atoms with van der Waals surface area (Å²) in [5, 5.41) is 0. The molecule has 1 heterocycles. The van der Waals surface area contributed by atoms with Crippen LogP contribution in [-0.4, -0.2) is 23.3 Å². The van der Waals surface area contributed by atoms with E-state index in [1.54, 1.807) is 4.90 Å². The molecule has 1 fully saturated rings. The Morgan fingerprint density at radius 2 is 2.33 bits per heavy atom. The Balaban J connectivity index is 2.02. The van der Waals surface area contributed by atoms with Crippen molar-refractivity contribution in [3.63, 3.8) is 0 Å². The molecule has 1 atom stereocenters. The van der Waals surface area contributed by atoms with E-state index in [-0.39, 0.29) is 24.2 Å². The van der Waals surface area contributed by atoms with Gasteiger partial charge in [0.05, 0.1) is 5.92 Å². The second-order valence-corrected chi connectivity index (χ2v) is 4.67. The zero-order chi connectivity index (χ0) is 13.1. The van der Waals surface area contributed by atoms with E-state index in [1.807, 2.05) is 31.2 Å². The Kier molecular flexibility index (Phi) is 3.62. The molecule has 0 aromatic heterocycles. The fourth-order valence-corrected chi connectivity index (χ4v) is 2.25. The molecule has 96 valence electrons. The van der Waals surface area contributed by atoms with Crippen LogP contribution in [0.15, 0.2) is 24.3 Å². The molecule has 1 saturated heterocycles. The smallest absolute Gasteiger partial charge is 0.239 e. The minimum absolute atomic E-state index is 0.00473. The molecular weight excluding hydrogens is 230 g/mol. The number of likely N-dealkylation sites (tertiary alicyclic amines) is 1. The molecule has 0 spiro atoms. The van der Waals surface area contributed by atoms with Gasteiger partial charge in [-0.2, -0.15) is 0 Å². The summed E-state index contributed by atoms with van der Waals surface area (Å²) >= 11 is 0. The number of nitrogens with zero attached hydrogens (tertiary/aromatic N) is 1. The molecule has 18 heavy (non-hydrogen) atoms. The molecule has 2 rings (SSSR count). The number of nitrogens with two attached hydrogens (primary N) is 1. The highest BCUT2D eigenvalue weighted by Crippen LogP contribution is 2.20. The van der Waals surface area contributed by atoms with Crippen LogP contribution >= 0.6 is 0 Å². The molecule has 5 heteroatoms. The van der Waals surface area contributed by atoms with E-state index >= 15 is 0 Å². The molecule has 0 bridgehead atoms. The van der Waals surface area contributed by atoms with E-state index in [1.165, 1.54) is 0 Å². The normalized spacial score (nSPS) is 19.1. The van der Waals surface area contributed by atoms with Crippen molar-refractivity contribution in [1.29, 1.82) is 0 Å². The summed E-state index contributed by atoms with van der Waals surface area (Å²) in [5.41, 5.74) is 4.35. The molecule has 0 saturated carbocycles. The Hall–Kier alpha value is -1.88. The van der Waals surface area contributed by atoms with Crippen molar-refractivity contribution in [2.45, 2.75) is 19.9 Å². The Bertz CT molecular complexity index is 473. The van der Waals surface area contributed by atoms with Crippen LogP contribution in [0, 0.1) is 12.8 Å². The summed E-state index contributed by atoms with van der Waals surface area (Å²) in [6.45, 7) is 3.00. The Labute approximate surface area is 106 Å². The maximum absolute atomic E-state index is 11.8. The van der Waals surface area contributed by atoms with E-state index in [4.69, 9.17) is 5.84 Å². The van der Waals surface area contributed by atoms with Gasteiger partial charge in [0.15, 0.2) is 0 Å². The van der Waals surface area contributed by atoms with Gasteiger partial charge in [-0.3, -0.25) is 15.0 Å². The number of carbonyl (C=O) groups excluding carboxylic acids is 2. The molecule has 1 aromatic rings. The second-order valence-electron chi connectivity index (χ2n) is 4.67. The molecule has 0 aliphatic carbocycles. The first-order valence-electron chi connectivity index (χ1n) is 5.94. The van der Waals surface area contributed by atoms with Crippen molar-refractivity contribution in [3.05, 3.63) is 35.4 Å². The number of hydrogen-bond donors (Lipinski definition) is 2. The van der Waals surface area contributed by atoms with Crippen molar-refractivity contribution < 1.29 is 9.59 Å². The maximum Gasteiger partial charge on any atom is 0.239 e. The van der Waals surface area contributed by atoms with Crippen LogP contribution in [0.1, 0.15) is 17.5 Å². The van der Waals surface area contributed by atoms with Gasteiger partial charge in [0.1, 0.15) is 0 Å². The quantitative estimate of drug-likeness (QED) is 0.459. The molecule has 0 radical (unpaired) electrons. The van der Waals surface area contributed by atoms with Crippen molar-refractivity contribution in [2.24, 2.45) is 11.8 Å². The maximum atomic E-state index is 11.8. The van der Waals surface area contributed by atoms with Gasteiger partial charge in [-0.15, -0.1) is 0 Å². The highest BCUT2D eigenvalue weighted by molar-refractivity contribution is 5.88. The molecule has 5 nitrogen and oxygen atoms in total. The third-order valence-corrected chi connectivity index (χ3v) is 3.18. The summed E-state index contributed by atoms with van der Waals surface area (Å²) in [5.74, 6) is 4.50. The van der Waals surface area contributed by atoms with Crippen molar-refractivity contribution in [1.82, 2.24) is 10.3 Å². The minimum Gasteiger partial charge on any atom is -0.338 e. The number of amides is 2. The van der Waals surface area contributed by atoms with Crippen LogP contribution in [0.25, 0.3) is 0 Å². The summed E-state index contributed by atoms with van der Waals surface area (Å²) in [4.78, 5) is 24.9. The van der Waals surface area contributed by atoms with Gasteiger partial charge in [-0.05, 0) is 12.5 Å². The van der Waals surface area contributed by atoms with Crippen LogP contribution < -0.4 is 11.3 Å². The first kappa shape index (κ1) is 12.6. The number of carbonyl (C=O) groups is 2. The second kappa shape index (κ2) is 5.18. The molecule has 1 aromatic carbocycles. The van der Waals surface area contributed by atoms with E-state index in [0.29, 0.717) is 13.1 Å². The van der Waals surface area contributed by atoms with Gasteiger partial charge < -0.3 is 4.90 Å². The highest BCUT2D eigenvalue weighted by Gasteiger charge is 2.33. The summed E-state index contributed by atoms with van der Waals surface area (Å²) in [6, 6.07) is 8.01. The third kappa shape index (κ3) is 2.68. The zero-order valence-electron chi connectivity index (χ0n) is 10.3. The monoisotopic (exact) mass is 247 g/mol. The predicted octanol–water partition coefficient (Wildman–Crippen LogP) is 0.333. The van der Waals surface area contributed by atoms with Crippen LogP contribution in [0.3, 0.4) is 0 Å². The fraction of sp³-hybridized carbons (Fsp3) is 0.385. The third-order valence-electron chi connectivity index (χ3n) is 3.18. The number of nitrogens with one attached hydrogen (secondary N) is 1. The number of hydrogen-bond acceptors (Lipinski definition) is 3. The number of benzene rings is 1. The molecule has 1 aliphatic heterocycles. The first-order valence-corrected chi connectivity index (χ1v) is 5.94. The molecule has 1 aliphatic rings. The molecule has 1 unspecified atom stereocenters. The summed E-state index contributed by atoms with van der Waals surface area (Å²) in [7, 11) is 0. The van der Waals surface area contributed by atoms with Gasteiger partial charge in [-0.25, -0.2) is 5.84 Å². The highest BCUT2D eigenvalue weighted by atomic mass is 16.2. The van der Waals surface area contributed by atoms with Crippen LogP contribution in [-0.2, 0) is 16.1 Å². The van der Waals surface area contributed by atoms with E-state index in [2.05, 4.69) is 5.43 Å². The Morgan fingerprint density at radius 1 is 1.56 bits per heavy atom. The number of rotatable bonds is 3. The lowest BCUT2D eigenvalue weighted by atomic mass is 10.1. The van der Waals surface area contributed by atoms with Crippen LogP contribution in [0.4, 0.5) is 0 Å². The number of aryl methyl sites for hydroxylation is 1. The van der Waals surface area contributed by atoms with E-state index in [9.17, 15) is 9.59 Å². The SMILES string of the molecule is Cc1cccc(CN2CC(C(=O)NN)CC2=O)c1. The predicted molar refractivity (Wildman–Crippen MR) is 67.0 cm³/mol. The lowest BCUT2D eigenvalue weighted by molar-refractivity contribution is -0.129. The lowest BCUT2D eigenvalue weighted by Crippen LogP contribution is -2.37. The fourth-order valence-electron chi connectivity index (χ4n) is 2.25. The summed E-state index contributed by atoms with van der Waals surface area (Å²) < 4.78 is 0. The summed E-state index contributed by atoms with van der Waals surface area (Å²) in [6.07, 6.45) is 0.245. The van der Waals surface area contributed by atoms with Gasteiger partial charge in [0.2, 0.25) is 11.8 Å². The number of hydrazine groups is 1. The van der Waals surface area contributed by atoms with E-state index < -0.39 is 0 Å². The topological polar surface area (TPSA) is 75.4 Å².